The largest absolute Gasteiger partial charge is 0.465 e. The van der Waals surface area contributed by atoms with Gasteiger partial charge < -0.3 is 15.0 Å². The highest BCUT2D eigenvalue weighted by Gasteiger charge is 2.17. The minimum atomic E-state index is -0.478. The van der Waals surface area contributed by atoms with E-state index in [2.05, 4.69) is 20.3 Å². The van der Waals surface area contributed by atoms with Gasteiger partial charge in [0, 0.05) is 18.1 Å². The number of methoxy groups -OCH3 is 1. The molecule has 0 spiro atoms. The van der Waals surface area contributed by atoms with Crippen LogP contribution < -0.4 is 5.32 Å². The summed E-state index contributed by atoms with van der Waals surface area (Å²) in [4.78, 5) is 18.5. The normalized spacial score (nSPS) is 14.5. The first-order valence-electron chi connectivity index (χ1n) is 9.33. The van der Waals surface area contributed by atoms with E-state index < -0.39 is 5.97 Å². The topological polar surface area (TPSA) is 72.3 Å². The predicted octanol–water partition coefficient (Wildman–Crippen LogP) is 3.20. The molecule has 0 saturated carbocycles. The van der Waals surface area contributed by atoms with E-state index in [0.717, 1.165) is 25.2 Å². The van der Waals surface area contributed by atoms with Crippen LogP contribution in [0.15, 0.2) is 36.7 Å². The summed E-state index contributed by atoms with van der Waals surface area (Å²) in [5, 5.41) is 8.43. The first-order valence-corrected chi connectivity index (χ1v) is 9.33. The molecular weight excluding hydrogens is 361 g/mol. The number of carbonyl (C=O) groups excluding carboxylic acids is 1. The van der Waals surface area contributed by atoms with E-state index in [1.165, 1.54) is 44.5 Å². The number of benzene rings is 1. The Kier molecular flexibility index (Phi) is 5.21. The summed E-state index contributed by atoms with van der Waals surface area (Å²) in [6.45, 7) is 3.82. The maximum Gasteiger partial charge on any atom is 0.340 e. The van der Waals surface area contributed by atoms with Gasteiger partial charge in [0.25, 0.3) is 0 Å². The highest BCUT2D eigenvalue weighted by Crippen LogP contribution is 2.28. The molecule has 1 fully saturated rings. The number of rotatable bonds is 6. The highest BCUT2D eigenvalue weighted by molar-refractivity contribution is 5.98. The van der Waals surface area contributed by atoms with E-state index >= 15 is 0 Å². The van der Waals surface area contributed by atoms with Crippen molar-refractivity contribution in [1.82, 2.24) is 19.7 Å². The number of halogens is 1. The van der Waals surface area contributed by atoms with Crippen molar-refractivity contribution in [2.24, 2.45) is 0 Å². The van der Waals surface area contributed by atoms with Gasteiger partial charge in [-0.15, -0.1) is 0 Å². The smallest absolute Gasteiger partial charge is 0.340 e. The molecule has 0 bridgehead atoms. The van der Waals surface area contributed by atoms with Gasteiger partial charge in [0.2, 0.25) is 0 Å². The van der Waals surface area contributed by atoms with Gasteiger partial charge in [-0.2, -0.15) is 5.10 Å². The molecule has 8 heteroatoms. The number of pyridine rings is 1. The maximum atomic E-state index is 13.9. The molecule has 3 aromatic rings. The van der Waals surface area contributed by atoms with Gasteiger partial charge >= 0.3 is 5.97 Å². The van der Waals surface area contributed by atoms with Gasteiger partial charge in [-0.1, -0.05) is 0 Å². The van der Waals surface area contributed by atoms with Crippen LogP contribution in [0, 0.1) is 5.82 Å². The number of ether oxygens (including phenoxy) is 1. The number of nitrogens with one attached hydrogen (secondary N) is 1. The second-order valence-corrected chi connectivity index (χ2v) is 6.82. The van der Waals surface area contributed by atoms with E-state index in [-0.39, 0.29) is 5.82 Å². The molecule has 146 valence electrons. The summed E-state index contributed by atoms with van der Waals surface area (Å²) in [5.74, 6) is -0.336. The Morgan fingerprint density at radius 2 is 2.07 bits per heavy atom. The number of aromatic nitrogens is 3. The van der Waals surface area contributed by atoms with Crippen molar-refractivity contribution in [3.8, 4) is 0 Å². The average molecular weight is 383 g/mol. The van der Waals surface area contributed by atoms with Gasteiger partial charge in [-0.25, -0.2) is 9.18 Å². The van der Waals surface area contributed by atoms with Crippen LogP contribution in [0.3, 0.4) is 0 Å². The number of nitrogens with zero attached hydrogens (tertiary/aromatic N) is 4. The van der Waals surface area contributed by atoms with Crippen LogP contribution in [0.25, 0.3) is 10.9 Å². The highest BCUT2D eigenvalue weighted by atomic mass is 19.1. The third-order valence-electron chi connectivity index (χ3n) is 5.02. The van der Waals surface area contributed by atoms with Crippen LogP contribution in [0.1, 0.15) is 23.2 Å². The standard InChI is InChI=1S/C20H22FN5O2/c1-28-20(27)15-6-7-22-13-17(15)23-19-16-12-14(21)4-5-18(16)26(24-19)11-10-25-8-2-3-9-25/h4-7,12-13H,2-3,8-11H2,1H3,(H,23,24). The summed E-state index contributed by atoms with van der Waals surface area (Å²) in [7, 11) is 1.32. The van der Waals surface area contributed by atoms with E-state index in [1.54, 1.807) is 12.1 Å². The monoisotopic (exact) mass is 383 g/mol. The van der Waals surface area contributed by atoms with Crippen LogP contribution >= 0.6 is 0 Å². The SMILES string of the molecule is COC(=O)c1ccncc1Nc1nn(CCN2CCCC2)c2ccc(F)cc12. The van der Waals surface area contributed by atoms with E-state index in [4.69, 9.17) is 4.74 Å². The number of likely N-dealkylation sites (tertiary alicyclic amines) is 1. The van der Waals surface area contributed by atoms with Gasteiger partial charge in [-0.3, -0.25) is 9.67 Å². The number of anilines is 2. The Hall–Kier alpha value is -3.00. The van der Waals surface area contributed by atoms with Crippen molar-refractivity contribution >= 4 is 28.4 Å². The van der Waals surface area contributed by atoms with Crippen molar-refractivity contribution in [2.75, 3.05) is 32.1 Å². The number of fused-ring (bicyclic) bond motifs is 1. The van der Waals surface area contributed by atoms with E-state index in [9.17, 15) is 9.18 Å². The lowest BCUT2D eigenvalue weighted by Crippen LogP contribution is -2.24. The molecule has 1 aliphatic rings. The lowest BCUT2D eigenvalue weighted by Gasteiger charge is -2.14. The van der Waals surface area contributed by atoms with Crippen molar-refractivity contribution < 1.29 is 13.9 Å². The summed E-state index contributed by atoms with van der Waals surface area (Å²) in [5.41, 5.74) is 1.64. The predicted molar refractivity (Wildman–Crippen MR) is 104 cm³/mol. The molecule has 1 aliphatic heterocycles. The molecule has 0 amide bonds. The third kappa shape index (κ3) is 3.68. The van der Waals surface area contributed by atoms with Crippen molar-refractivity contribution in [3.05, 3.63) is 48.0 Å². The Morgan fingerprint density at radius 1 is 1.25 bits per heavy atom. The van der Waals surface area contributed by atoms with E-state index in [0.29, 0.717) is 29.0 Å². The molecule has 0 aliphatic carbocycles. The molecule has 0 radical (unpaired) electrons. The van der Waals surface area contributed by atoms with Crippen LogP contribution in [-0.4, -0.2) is 52.4 Å². The summed E-state index contributed by atoms with van der Waals surface area (Å²) in [6, 6.07) is 6.19. The van der Waals surface area contributed by atoms with Crippen molar-refractivity contribution in [3.63, 3.8) is 0 Å². The zero-order valence-electron chi connectivity index (χ0n) is 15.7. The second-order valence-electron chi connectivity index (χ2n) is 6.82. The summed E-state index contributed by atoms with van der Waals surface area (Å²) >= 11 is 0. The Labute approximate surface area is 162 Å². The first-order chi connectivity index (χ1) is 13.7. The van der Waals surface area contributed by atoms with Crippen LogP contribution in [-0.2, 0) is 11.3 Å². The van der Waals surface area contributed by atoms with Crippen molar-refractivity contribution in [1.29, 1.82) is 0 Å². The zero-order chi connectivity index (χ0) is 19.5. The molecular formula is C20H22FN5O2. The fourth-order valence-electron chi connectivity index (χ4n) is 3.57. The minimum Gasteiger partial charge on any atom is -0.465 e. The van der Waals surface area contributed by atoms with Gasteiger partial charge in [0.1, 0.15) is 5.82 Å². The van der Waals surface area contributed by atoms with Gasteiger partial charge in [0.15, 0.2) is 5.82 Å². The van der Waals surface area contributed by atoms with Gasteiger partial charge in [-0.05, 0) is 50.2 Å². The molecule has 2 aromatic heterocycles. The molecule has 1 N–H and O–H groups in total. The first kappa shape index (κ1) is 18.4. The van der Waals surface area contributed by atoms with E-state index in [1.807, 2.05) is 4.68 Å². The lowest BCUT2D eigenvalue weighted by molar-refractivity contribution is 0.0602. The maximum absolute atomic E-state index is 13.9. The van der Waals surface area contributed by atoms with Gasteiger partial charge in [0.05, 0.1) is 36.6 Å². The number of hydrogen-bond acceptors (Lipinski definition) is 6. The third-order valence-corrected chi connectivity index (χ3v) is 5.02. The molecule has 0 atom stereocenters. The second kappa shape index (κ2) is 7.93. The summed E-state index contributed by atoms with van der Waals surface area (Å²) in [6.07, 6.45) is 5.51. The van der Waals surface area contributed by atoms with Crippen LogP contribution in [0.4, 0.5) is 15.9 Å². The molecule has 1 aromatic carbocycles. The molecule has 28 heavy (non-hydrogen) atoms. The summed E-state index contributed by atoms with van der Waals surface area (Å²) < 4.78 is 20.6. The quantitative estimate of drug-likeness (QED) is 0.659. The minimum absolute atomic E-state index is 0.339. The van der Waals surface area contributed by atoms with Crippen molar-refractivity contribution in [2.45, 2.75) is 19.4 Å². The molecule has 1 saturated heterocycles. The Bertz CT molecular complexity index is 997. The average Bonchev–Trinajstić information content (AvgIpc) is 3.34. The molecule has 3 heterocycles. The molecule has 4 rings (SSSR count). The Morgan fingerprint density at radius 3 is 2.86 bits per heavy atom. The fourth-order valence-corrected chi connectivity index (χ4v) is 3.57. The number of esters is 1. The van der Waals surface area contributed by atoms with Crippen LogP contribution in [0.2, 0.25) is 0 Å². The number of carbonyl (C=O) groups is 1. The number of hydrogen-bond donors (Lipinski definition) is 1. The fraction of sp³-hybridized carbons (Fsp3) is 0.350. The molecule has 0 unspecified atom stereocenters. The molecule has 7 nitrogen and oxygen atoms in total. The van der Waals surface area contributed by atoms with Crippen LogP contribution in [0.5, 0.6) is 0 Å². The lowest BCUT2D eigenvalue weighted by atomic mass is 10.2. The Balaban J connectivity index is 1.67. The zero-order valence-corrected chi connectivity index (χ0v) is 15.7.